The molecule has 0 bridgehead atoms. The smallest absolute Gasteiger partial charge is 0.128 e. The van der Waals surface area contributed by atoms with E-state index in [1.54, 1.807) is 7.11 Å². The van der Waals surface area contributed by atoms with E-state index in [0.29, 0.717) is 5.69 Å². The minimum absolute atomic E-state index is 0.675. The van der Waals surface area contributed by atoms with Crippen LogP contribution < -0.4 is 10.5 Å². The number of hydrogen-bond donors (Lipinski definition) is 1. The van der Waals surface area contributed by atoms with Gasteiger partial charge >= 0.3 is 0 Å². The molecule has 88 valence electrons. The van der Waals surface area contributed by atoms with Crippen LogP contribution >= 0.6 is 0 Å². The van der Waals surface area contributed by atoms with E-state index in [4.69, 9.17) is 10.5 Å². The van der Waals surface area contributed by atoms with Gasteiger partial charge < -0.3 is 10.5 Å². The van der Waals surface area contributed by atoms with Gasteiger partial charge in [0.2, 0.25) is 0 Å². The number of methoxy groups -OCH3 is 1. The molecule has 0 saturated heterocycles. The largest absolute Gasteiger partial charge is 0.496 e. The molecule has 0 atom stereocenters. The lowest BCUT2D eigenvalue weighted by molar-refractivity contribution is 0.416. The van der Waals surface area contributed by atoms with Crippen molar-refractivity contribution in [2.75, 3.05) is 12.8 Å². The third-order valence-corrected chi connectivity index (χ3v) is 2.66. The molecule has 0 amide bonds. The van der Waals surface area contributed by atoms with Crippen molar-refractivity contribution in [3.8, 4) is 17.0 Å². The molecule has 1 aromatic carbocycles. The molecular formula is C14H16N2O. The third kappa shape index (κ3) is 2.23. The maximum absolute atomic E-state index is 6.01. The standard InChI is InChI=1S/C14H16N2O/c1-9-4-5-13(17-3)11(6-9)14-12(15)7-10(2)8-16-14/h4-8H,15H2,1-3H3. The molecule has 0 aliphatic rings. The normalized spacial score (nSPS) is 10.3. The second kappa shape index (κ2) is 4.45. The molecular weight excluding hydrogens is 212 g/mol. The Kier molecular flexibility index (Phi) is 3.00. The Morgan fingerprint density at radius 3 is 2.53 bits per heavy atom. The summed E-state index contributed by atoms with van der Waals surface area (Å²) in [6, 6.07) is 7.90. The zero-order chi connectivity index (χ0) is 12.4. The van der Waals surface area contributed by atoms with E-state index in [1.807, 2.05) is 44.3 Å². The molecule has 0 aliphatic carbocycles. The van der Waals surface area contributed by atoms with Gasteiger partial charge in [-0.3, -0.25) is 4.98 Å². The van der Waals surface area contributed by atoms with E-state index >= 15 is 0 Å². The van der Waals surface area contributed by atoms with Gasteiger partial charge in [-0.15, -0.1) is 0 Å². The topological polar surface area (TPSA) is 48.1 Å². The van der Waals surface area contributed by atoms with Gasteiger partial charge in [-0.1, -0.05) is 11.6 Å². The quantitative estimate of drug-likeness (QED) is 0.859. The summed E-state index contributed by atoms with van der Waals surface area (Å²) in [6.45, 7) is 4.01. The van der Waals surface area contributed by atoms with E-state index in [9.17, 15) is 0 Å². The number of nitrogens with zero attached hydrogens (tertiary/aromatic N) is 1. The number of ether oxygens (including phenoxy) is 1. The minimum atomic E-state index is 0.675. The molecule has 0 unspecified atom stereocenters. The van der Waals surface area contributed by atoms with E-state index in [1.165, 1.54) is 0 Å². The van der Waals surface area contributed by atoms with E-state index < -0.39 is 0 Å². The molecule has 3 nitrogen and oxygen atoms in total. The summed E-state index contributed by atoms with van der Waals surface area (Å²) in [5, 5.41) is 0. The molecule has 0 spiro atoms. The van der Waals surface area contributed by atoms with Crippen molar-refractivity contribution in [3.63, 3.8) is 0 Å². The lowest BCUT2D eigenvalue weighted by Gasteiger charge is -2.11. The highest BCUT2D eigenvalue weighted by atomic mass is 16.5. The SMILES string of the molecule is COc1ccc(C)cc1-c1ncc(C)cc1N. The van der Waals surface area contributed by atoms with Crippen molar-refractivity contribution in [1.29, 1.82) is 0 Å². The predicted molar refractivity (Wildman–Crippen MR) is 70.1 cm³/mol. The number of aryl methyl sites for hydroxylation is 2. The molecule has 0 fully saturated rings. The van der Waals surface area contributed by atoms with Crippen LogP contribution in [-0.2, 0) is 0 Å². The Labute approximate surface area is 101 Å². The summed E-state index contributed by atoms with van der Waals surface area (Å²) in [5.41, 5.74) is 10.6. The molecule has 0 saturated carbocycles. The van der Waals surface area contributed by atoms with Gasteiger partial charge in [0, 0.05) is 11.8 Å². The first-order valence-corrected chi connectivity index (χ1v) is 5.49. The highest BCUT2D eigenvalue weighted by molar-refractivity contribution is 5.77. The third-order valence-electron chi connectivity index (χ3n) is 2.66. The predicted octanol–water partition coefficient (Wildman–Crippen LogP) is 2.96. The van der Waals surface area contributed by atoms with Crippen LogP contribution in [0.3, 0.4) is 0 Å². The first-order chi connectivity index (χ1) is 8.11. The monoisotopic (exact) mass is 228 g/mol. The number of anilines is 1. The molecule has 1 heterocycles. The Hall–Kier alpha value is -2.03. The number of benzene rings is 1. The Morgan fingerprint density at radius 2 is 1.88 bits per heavy atom. The fourth-order valence-electron chi connectivity index (χ4n) is 1.82. The van der Waals surface area contributed by atoms with Gasteiger partial charge in [0.15, 0.2) is 0 Å². The first kappa shape index (κ1) is 11.5. The Bertz CT molecular complexity index is 550. The molecule has 3 heteroatoms. The second-order valence-electron chi connectivity index (χ2n) is 4.15. The zero-order valence-corrected chi connectivity index (χ0v) is 10.3. The average molecular weight is 228 g/mol. The molecule has 17 heavy (non-hydrogen) atoms. The van der Waals surface area contributed by atoms with Crippen molar-refractivity contribution >= 4 is 5.69 Å². The van der Waals surface area contributed by atoms with Crippen molar-refractivity contribution in [1.82, 2.24) is 4.98 Å². The van der Waals surface area contributed by atoms with Crippen molar-refractivity contribution in [2.45, 2.75) is 13.8 Å². The lowest BCUT2D eigenvalue weighted by Crippen LogP contribution is -1.97. The van der Waals surface area contributed by atoms with Crippen LogP contribution in [0.2, 0.25) is 0 Å². The van der Waals surface area contributed by atoms with Crippen LogP contribution in [0.15, 0.2) is 30.5 Å². The molecule has 0 radical (unpaired) electrons. The number of nitrogens with two attached hydrogens (primary N) is 1. The van der Waals surface area contributed by atoms with E-state index in [2.05, 4.69) is 4.98 Å². The van der Waals surface area contributed by atoms with Crippen molar-refractivity contribution < 1.29 is 4.74 Å². The van der Waals surface area contributed by atoms with E-state index in [0.717, 1.165) is 28.1 Å². The fraction of sp³-hybridized carbons (Fsp3) is 0.214. The molecule has 0 aliphatic heterocycles. The highest BCUT2D eigenvalue weighted by Crippen LogP contribution is 2.33. The number of nitrogen functional groups attached to an aromatic ring is 1. The van der Waals surface area contributed by atoms with Crippen LogP contribution in [0, 0.1) is 13.8 Å². The molecule has 2 aromatic rings. The highest BCUT2D eigenvalue weighted by Gasteiger charge is 2.10. The number of pyridine rings is 1. The van der Waals surface area contributed by atoms with Crippen LogP contribution in [0.4, 0.5) is 5.69 Å². The van der Waals surface area contributed by atoms with E-state index in [-0.39, 0.29) is 0 Å². The zero-order valence-electron chi connectivity index (χ0n) is 10.3. The summed E-state index contributed by atoms with van der Waals surface area (Å²) < 4.78 is 5.34. The summed E-state index contributed by atoms with van der Waals surface area (Å²) in [6.07, 6.45) is 1.81. The van der Waals surface area contributed by atoms with Crippen LogP contribution in [0.5, 0.6) is 5.75 Å². The van der Waals surface area contributed by atoms with Crippen LogP contribution in [0.25, 0.3) is 11.3 Å². The Balaban J connectivity index is 2.62. The lowest BCUT2D eigenvalue weighted by atomic mass is 10.0. The van der Waals surface area contributed by atoms with Crippen molar-refractivity contribution in [3.05, 3.63) is 41.6 Å². The van der Waals surface area contributed by atoms with Gasteiger partial charge in [0.1, 0.15) is 5.75 Å². The Morgan fingerprint density at radius 1 is 1.12 bits per heavy atom. The van der Waals surface area contributed by atoms with Crippen LogP contribution in [-0.4, -0.2) is 12.1 Å². The summed E-state index contributed by atoms with van der Waals surface area (Å²) >= 11 is 0. The molecule has 2 rings (SSSR count). The maximum atomic E-state index is 6.01. The number of hydrogen-bond acceptors (Lipinski definition) is 3. The summed E-state index contributed by atoms with van der Waals surface area (Å²) in [7, 11) is 1.65. The summed E-state index contributed by atoms with van der Waals surface area (Å²) in [5.74, 6) is 0.790. The number of aromatic nitrogens is 1. The van der Waals surface area contributed by atoms with Gasteiger partial charge in [0.05, 0.1) is 18.5 Å². The molecule has 2 N–H and O–H groups in total. The fourth-order valence-corrected chi connectivity index (χ4v) is 1.82. The van der Waals surface area contributed by atoms with Gasteiger partial charge in [0.25, 0.3) is 0 Å². The molecule has 1 aromatic heterocycles. The van der Waals surface area contributed by atoms with Crippen molar-refractivity contribution in [2.24, 2.45) is 0 Å². The second-order valence-corrected chi connectivity index (χ2v) is 4.15. The van der Waals surface area contributed by atoms with Crippen LogP contribution in [0.1, 0.15) is 11.1 Å². The maximum Gasteiger partial charge on any atom is 0.128 e. The first-order valence-electron chi connectivity index (χ1n) is 5.49. The summed E-state index contributed by atoms with van der Waals surface area (Å²) in [4.78, 5) is 4.39. The average Bonchev–Trinajstić information content (AvgIpc) is 2.29. The minimum Gasteiger partial charge on any atom is -0.496 e. The van der Waals surface area contributed by atoms with Gasteiger partial charge in [-0.2, -0.15) is 0 Å². The van der Waals surface area contributed by atoms with Gasteiger partial charge in [-0.05, 0) is 37.6 Å². The van der Waals surface area contributed by atoms with Gasteiger partial charge in [-0.25, -0.2) is 0 Å². The number of rotatable bonds is 2.